The zero-order valence-corrected chi connectivity index (χ0v) is 27.7. The van der Waals surface area contributed by atoms with Crippen molar-refractivity contribution in [1.82, 2.24) is 0 Å². The van der Waals surface area contributed by atoms with Crippen LogP contribution in [0.1, 0.15) is 0 Å². The number of fused-ring (bicyclic) bond motifs is 3. The molecule has 0 amide bonds. The fraction of sp³-hybridized carbons (Fsp3) is 0. The van der Waals surface area contributed by atoms with Gasteiger partial charge in [-0.05, 0) is 106 Å². The maximum atomic E-state index is 6.71. The summed E-state index contributed by atoms with van der Waals surface area (Å²) in [4.78, 5) is 0. The molecule has 1 heteroatoms. The normalized spacial score (nSPS) is 11.9. The molecule has 0 N–H and O–H groups in total. The zero-order chi connectivity index (χ0) is 33.5. The van der Waals surface area contributed by atoms with Crippen molar-refractivity contribution in [3.8, 4) is 44.5 Å². The number of furan rings is 1. The fourth-order valence-electron chi connectivity index (χ4n) is 8.62. The Morgan fingerprint density at radius 2 is 0.882 bits per heavy atom. The zero-order valence-electron chi connectivity index (χ0n) is 27.7. The van der Waals surface area contributed by atoms with Gasteiger partial charge in [0.25, 0.3) is 0 Å². The van der Waals surface area contributed by atoms with Crippen molar-refractivity contribution in [3.63, 3.8) is 0 Å². The van der Waals surface area contributed by atoms with Crippen LogP contribution in [0.2, 0.25) is 0 Å². The molecular weight excluding hydrogens is 617 g/mol. The molecule has 0 aliphatic rings. The Labute approximate surface area is 295 Å². The topological polar surface area (TPSA) is 13.1 Å². The van der Waals surface area contributed by atoms with Crippen molar-refractivity contribution in [3.05, 3.63) is 182 Å². The van der Waals surface area contributed by atoms with E-state index in [-0.39, 0.29) is 0 Å². The summed E-state index contributed by atoms with van der Waals surface area (Å²) in [6.45, 7) is 0. The number of hydrogen-bond donors (Lipinski definition) is 0. The Bertz CT molecular complexity index is 3060. The van der Waals surface area contributed by atoms with Crippen LogP contribution in [0.4, 0.5) is 0 Å². The van der Waals surface area contributed by atoms with Crippen molar-refractivity contribution in [1.29, 1.82) is 0 Å². The van der Waals surface area contributed by atoms with Crippen molar-refractivity contribution in [2.24, 2.45) is 0 Å². The van der Waals surface area contributed by atoms with Crippen LogP contribution >= 0.6 is 0 Å². The first-order valence-corrected chi connectivity index (χ1v) is 17.6. The molecule has 0 spiro atoms. The predicted octanol–water partition coefficient (Wildman–Crippen LogP) is 14.3. The first-order chi connectivity index (χ1) is 25.3. The highest BCUT2D eigenvalue weighted by molar-refractivity contribution is 6.31. The summed E-state index contributed by atoms with van der Waals surface area (Å²) in [7, 11) is 0. The highest BCUT2D eigenvalue weighted by atomic mass is 16.3. The summed E-state index contributed by atoms with van der Waals surface area (Å²) in [5.74, 6) is 0. The van der Waals surface area contributed by atoms with Gasteiger partial charge in [-0.2, -0.15) is 0 Å². The Morgan fingerprint density at radius 3 is 1.59 bits per heavy atom. The van der Waals surface area contributed by atoms with Crippen LogP contribution in [-0.2, 0) is 0 Å². The van der Waals surface area contributed by atoms with Gasteiger partial charge in [0.1, 0.15) is 11.2 Å². The average molecular weight is 647 g/mol. The van der Waals surface area contributed by atoms with E-state index in [0.717, 1.165) is 22.3 Å². The molecule has 0 bridgehead atoms. The van der Waals surface area contributed by atoms with Crippen LogP contribution in [0.15, 0.2) is 186 Å². The van der Waals surface area contributed by atoms with Gasteiger partial charge >= 0.3 is 0 Å². The van der Waals surface area contributed by atoms with E-state index in [1.807, 2.05) is 0 Å². The molecule has 236 valence electrons. The molecule has 0 aliphatic carbocycles. The first-order valence-electron chi connectivity index (χ1n) is 17.6. The van der Waals surface area contributed by atoms with Crippen LogP contribution in [0, 0.1) is 0 Å². The molecule has 0 radical (unpaired) electrons. The molecule has 1 heterocycles. The van der Waals surface area contributed by atoms with E-state index < -0.39 is 0 Å². The van der Waals surface area contributed by atoms with Crippen molar-refractivity contribution < 1.29 is 4.42 Å². The van der Waals surface area contributed by atoms with E-state index in [0.29, 0.717) is 0 Å². The lowest BCUT2D eigenvalue weighted by Gasteiger charge is -2.20. The number of hydrogen-bond acceptors (Lipinski definition) is 1. The lowest BCUT2D eigenvalue weighted by atomic mass is 9.83. The van der Waals surface area contributed by atoms with Gasteiger partial charge in [0, 0.05) is 16.3 Å². The van der Waals surface area contributed by atoms with Crippen molar-refractivity contribution >= 4 is 65.0 Å². The minimum atomic E-state index is 0.930. The van der Waals surface area contributed by atoms with Crippen LogP contribution < -0.4 is 0 Å². The predicted molar refractivity (Wildman–Crippen MR) is 217 cm³/mol. The molecule has 1 aromatic heterocycles. The summed E-state index contributed by atoms with van der Waals surface area (Å²) in [6.07, 6.45) is 0. The largest absolute Gasteiger partial charge is 0.455 e. The molecule has 51 heavy (non-hydrogen) atoms. The quantitative estimate of drug-likeness (QED) is 0.137. The van der Waals surface area contributed by atoms with Gasteiger partial charge in [-0.3, -0.25) is 0 Å². The third-order valence-electron chi connectivity index (χ3n) is 10.8. The van der Waals surface area contributed by atoms with Crippen LogP contribution in [0.3, 0.4) is 0 Å². The standard InChI is InChI=1S/C50H30O/c1-3-13-31(14-4-1)36-23-11-17-33-29-35(25-26-37(33)36)46-39-19-7-9-21-41(39)48(42-22-10-8-20-40(42)46)44-30-34-18-12-24-45-47(34)49-43(44)28-27-38(50(49)51-45)32-15-5-2-6-16-32/h1-30H. The van der Waals surface area contributed by atoms with E-state index in [9.17, 15) is 0 Å². The molecular formula is C50H30O. The SMILES string of the molecule is c1ccc(-c2cccc3cc(-c4c5ccccc5c(-c5cc6cccc7oc8c(-c9ccccc9)ccc5c8c67)c5ccccc45)ccc23)cc1. The molecule has 0 unspecified atom stereocenters. The van der Waals surface area contributed by atoms with Gasteiger partial charge in [-0.1, -0.05) is 158 Å². The van der Waals surface area contributed by atoms with Crippen molar-refractivity contribution in [2.75, 3.05) is 0 Å². The molecule has 0 saturated carbocycles. The molecule has 0 saturated heterocycles. The highest BCUT2D eigenvalue weighted by Crippen LogP contribution is 2.50. The monoisotopic (exact) mass is 646 g/mol. The lowest BCUT2D eigenvalue weighted by molar-refractivity contribution is 0.670. The number of benzene rings is 10. The average Bonchev–Trinajstić information content (AvgIpc) is 3.60. The molecule has 1 nitrogen and oxygen atoms in total. The molecule has 0 fully saturated rings. The van der Waals surface area contributed by atoms with Crippen LogP contribution in [-0.4, -0.2) is 0 Å². The van der Waals surface area contributed by atoms with E-state index >= 15 is 0 Å². The summed E-state index contributed by atoms with van der Waals surface area (Å²) in [6, 6.07) is 66.2. The summed E-state index contributed by atoms with van der Waals surface area (Å²) in [5.41, 5.74) is 11.6. The van der Waals surface area contributed by atoms with Gasteiger partial charge < -0.3 is 4.42 Å². The maximum absolute atomic E-state index is 6.71. The lowest BCUT2D eigenvalue weighted by Crippen LogP contribution is -1.92. The smallest absolute Gasteiger partial charge is 0.143 e. The Morgan fingerprint density at radius 1 is 0.294 bits per heavy atom. The van der Waals surface area contributed by atoms with Gasteiger partial charge in [0.15, 0.2) is 0 Å². The number of rotatable bonds is 4. The Hall–Kier alpha value is -6.70. The van der Waals surface area contributed by atoms with Gasteiger partial charge in [0.2, 0.25) is 0 Å². The third-order valence-corrected chi connectivity index (χ3v) is 10.8. The van der Waals surface area contributed by atoms with E-state index in [1.165, 1.54) is 87.2 Å². The minimum absolute atomic E-state index is 0.930. The second-order valence-electron chi connectivity index (χ2n) is 13.6. The van der Waals surface area contributed by atoms with Gasteiger partial charge in [-0.25, -0.2) is 0 Å². The molecule has 0 aliphatic heterocycles. The minimum Gasteiger partial charge on any atom is -0.455 e. The fourth-order valence-corrected chi connectivity index (χ4v) is 8.62. The van der Waals surface area contributed by atoms with Crippen molar-refractivity contribution in [2.45, 2.75) is 0 Å². The first kappa shape index (κ1) is 28.2. The van der Waals surface area contributed by atoms with Gasteiger partial charge in [0.05, 0.1) is 0 Å². The summed E-state index contributed by atoms with van der Waals surface area (Å²) in [5, 5.41) is 12.3. The summed E-state index contributed by atoms with van der Waals surface area (Å²) < 4.78 is 6.71. The second-order valence-corrected chi connectivity index (χ2v) is 13.6. The molecule has 11 aromatic rings. The maximum Gasteiger partial charge on any atom is 0.143 e. The van der Waals surface area contributed by atoms with Gasteiger partial charge in [-0.15, -0.1) is 0 Å². The van der Waals surface area contributed by atoms with Crippen LogP contribution in [0.5, 0.6) is 0 Å². The Kier molecular flexibility index (Phi) is 6.02. The third kappa shape index (κ3) is 4.16. The highest BCUT2D eigenvalue weighted by Gasteiger charge is 2.23. The molecule has 10 aromatic carbocycles. The molecule has 11 rings (SSSR count). The van der Waals surface area contributed by atoms with E-state index in [2.05, 4.69) is 182 Å². The van der Waals surface area contributed by atoms with Crippen LogP contribution in [0.25, 0.3) is 110 Å². The summed E-state index contributed by atoms with van der Waals surface area (Å²) >= 11 is 0. The van der Waals surface area contributed by atoms with E-state index in [4.69, 9.17) is 4.42 Å². The molecule has 0 atom stereocenters. The van der Waals surface area contributed by atoms with E-state index in [1.54, 1.807) is 0 Å². The Balaban J connectivity index is 1.21. The second kappa shape index (κ2) is 10.9.